The molecule has 0 saturated carbocycles. The van der Waals surface area contributed by atoms with Crippen LogP contribution in [0.15, 0.2) is 0 Å². The maximum Gasteiger partial charge on any atom is 0.0900 e. The molecule has 0 amide bonds. The fourth-order valence-corrected chi connectivity index (χ4v) is 1.62. The molecule has 0 fully saturated rings. The molecule has 0 aliphatic carbocycles. The summed E-state index contributed by atoms with van der Waals surface area (Å²) >= 11 is 0. The number of hydrogen-bond donors (Lipinski definition) is 1. The van der Waals surface area contributed by atoms with E-state index < -0.39 is 6.10 Å². The van der Waals surface area contributed by atoms with E-state index in [0.717, 1.165) is 26.3 Å². The Balaban J connectivity index is 3.92. The van der Waals surface area contributed by atoms with Crippen LogP contribution in [0.3, 0.4) is 0 Å². The van der Waals surface area contributed by atoms with Gasteiger partial charge in [0.1, 0.15) is 0 Å². The summed E-state index contributed by atoms with van der Waals surface area (Å²) in [5.41, 5.74) is 0. The van der Waals surface area contributed by atoms with Crippen molar-refractivity contribution in [2.45, 2.75) is 39.9 Å². The minimum Gasteiger partial charge on any atom is -0.389 e. The van der Waals surface area contributed by atoms with E-state index in [1.54, 1.807) is 0 Å². The summed E-state index contributed by atoms with van der Waals surface area (Å²) < 4.78 is 16.1. The number of aliphatic hydroxyl groups is 1. The Morgan fingerprint density at radius 3 is 1.95 bits per heavy atom. The van der Waals surface area contributed by atoms with Gasteiger partial charge < -0.3 is 19.3 Å². The second kappa shape index (κ2) is 12.8. The summed E-state index contributed by atoms with van der Waals surface area (Å²) in [5, 5.41) is 9.93. The van der Waals surface area contributed by atoms with Crippen LogP contribution in [0.1, 0.15) is 27.7 Å². The molecular weight excluding hydrogens is 246 g/mol. The molecule has 116 valence electrons. The lowest BCUT2D eigenvalue weighted by Crippen LogP contribution is -2.39. The van der Waals surface area contributed by atoms with Gasteiger partial charge in [-0.1, -0.05) is 0 Å². The predicted octanol–water partition coefficient (Wildman–Crippen LogP) is 1.15. The van der Waals surface area contributed by atoms with Gasteiger partial charge in [0.15, 0.2) is 0 Å². The number of rotatable bonds is 13. The van der Waals surface area contributed by atoms with Crippen LogP contribution in [-0.4, -0.2) is 74.9 Å². The van der Waals surface area contributed by atoms with Crippen molar-refractivity contribution >= 4 is 0 Å². The van der Waals surface area contributed by atoms with E-state index in [1.807, 2.05) is 27.7 Å². The van der Waals surface area contributed by atoms with Crippen LogP contribution in [0.2, 0.25) is 0 Å². The first-order chi connectivity index (χ1) is 9.10. The van der Waals surface area contributed by atoms with Gasteiger partial charge in [-0.25, -0.2) is 0 Å². The van der Waals surface area contributed by atoms with E-state index >= 15 is 0 Å². The van der Waals surface area contributed by atoms with E-state index in [4.69, 9.17) is 14.2 Å². The van der Waals surface area contributed by atoms with Gasteiger partial charge in [-0.15, -0.1) is 0 Å². The summed E-state index contributed by atoms with van der Waals surface area (Å²) in [7, 11) is 0. The highest BCUT2D eigenvalue weighted by atomic mass is 16.5. The third kappa shape index (κ3) is 12.6. The Hall–Kier alpha value is -0.200. The molecule has 5 nitrogen and oxygen atoms in total. The van der Waals surface area contributed by atoms with Gasteiger partial charge in [0, 0.05) is 32.8 Å². The first-order valence-electron chi connectivity index (χ1n) is 7.27. The molecule has 0 aromatic carbocycles. The summed E-state index contributed by atoms with van der Waals surface area (Å²) in [4.78, 5) is 2.15. The van der Waals surface area contributed by atoms with E-state index in [2.05, 4.69) is 4.90 Å². The Kier molecular flexibility index (Phi) is 12.7. The summed E-state index contributed by atoms with van der Waals surface area (Å²) in [6, 6.07) is 0. The van der Waals surface area contributed by atoms with Gasteiger partial charge in [0.25, 0.3) is 0 Å². The highest BCUT2D eigenvalue weighted by molar-refractivity contribution is 4.65. The smallest absolute Gasteiger partial charge is 0.0900 e. The summed E-state index contributed by atoms with van der Waals surface area (Å²) in [5.74, 6) is 0. The topological polar surface area (TPSA) is 51.2 Å². The van der Waals surface area contributed by atoms with Gasteiger partial charge >= 0.3 is 0 Å². The van der Waals surface area contributed by atoms with Crippen LogP contribution in [0.25, 0.3) is 0 Å². The van der Waals surface area contributed by atoms with Crippen LogP contribution >= 0.6 is 0 Å². The lowest BCUT2D eigenvalue weighted by molar-refractivity contribution is -0.0155. The van der Waals surface area contributed by atoms with Crippen molar-refractivity contribution in [1.29, 1.82) is 0 Å². The molecule has 0 radical (unpaired) electrons. The van der Waals surface area contributed by atoms with Crippen molar-refractivity contribution in [1.82, 2.24) is 4.90 Å². The first kappa shape index (κ1) is 18.8. The van der Waals surface area contributed by atoms with Crippen molar-refractivity contribution in [3.63, 3.8) is 0 Å². The second-order valence-electron chi connectivity index (χ2n) is 4.73. The zero-order chi connectivity index (χ0) is 14.5. The van der Waals surface area contributed by atoms with Crippen molar-refractivity contribution in [3.8, 4) is 0 Å². The number of nitrogens with zero attached hydrogens (tertiary/aromatic N) is 1. The molecule has 1 N–H and O–H groups in total. The molecule has 0 aromatic rings. The normalized spacial score (nSPS) is 13.4. The third-order valence-corrected chi connectivity index (χ3v) is 2.60. The van der Waals surface area contributed by atoms with Crippen LogP contribution in [0.4, 0.5) is 0 Å². The molecule has 0 heterocycles. The molecule has 1 unspecified atom stereocenters. The monoisotopic (exact) mass is 277 g/mol. The molecule has 0 rings (SSSR count). The lowest BCUT2D eigenvalue weighted by Gasteiger charge is -2.25. The van der Waals surface area contributed by atoms with Crippen molar-refractivity contribution in [3.05, 3.63) is 0 Å². The highest BCUT2D eigenvalue weighted by Gasteiger charge is 2.12. The van der Waals surface area contributed by atoms with Gasteiger partial charge in [-0.05, 0) is 27.7 Å². The Bertz CT molecular complexity index is 180. The van der Waals surface area contributed by atoms with Crippen LogP contribution in [-0.2, 0) is 14.2 Å². The van der Waals surface area contributed by atoms with Crippen LogP contribution < -0.4 is 0 Å². The van der Waals surface area contributed by atoms with Crippen molar-refractivity contribution in [2.24, 2.45) is 0 Å². The molecule has 0 bridgehead atoms. The van der Waals surface area contributed by atoms with E-state index in [0.29, 0.717) is 26.4 Å². The number of ether oxygens (including phenoxy) is 3. The minimum absolute atomic E-state index is 0.148. The van der Waals surface area contributed by atoms with E-state index in [-0.39, 0.29) is 6.10 Å². The van der Waals surface area contributed by atoms with E-state index in [1.165, 1.54) is 0 Å². The molecule has 5 heteroatoms. The summed E-state index contributed by atoms with van der Waals surface area (Å²) in [6.45, 7) is 13.3. The minimum atomic E-state index is -0.467. The fraction of sp³-hybridized carbons (Fsp3) is 1.00. The Labute approximate surface area is 117 Å². The molecule has 0 spiro atoms. The average Bonchev–Trinajstić information content (AvgIpc) is 2.36. The maximum atomic E-state index is 9.93. The zero-order valence-electron chi connectivity index (χ0n) is 12.9. The second-order valence-corrected chi connectivity index (χ2v) is 4.73. The van der Waals surface area contributed by atoms with E-state index in [9.17, 15) is 5.11 Å². The molecule has 1 atom stereocenters. The molecule has 0 aliphatic rings. The third-order valence-electron chi connectivity index (χ3n) is 2.60. The zero-order valence-corrected chi connectivity index (χ0v) is 12.9. The van der Waals surface area contributed by atoms with Crippen LogP contribution in [0, 0.1) is 0 Å². The quantitative estimate of drug-likeness (QED) is 0.512. The van der Waals surface area contributed by atoms with Crippen molar-refractivity contribution < 1.29 is 19.3 Å². The average molecular weight is 277 g/mol. The first-order valence-corrected chi connectivity index (χ1v) is 7.27. The number of hydrogen-bond acceptors (Lipinski definition) is 5. The summed E-state index contributed by atoms with van der Waals surface area (Å²) in [6.07, 6.45) is -0.319. The molecule has 19 heavy (non-hydrogen) atoms. The van der Waals surface area contributed by atoms with Crippen LogP contribution in [0.5, 0.6) is 0 Å². The van der Waals surface area contributed by atoms with Gasteiger partial charge in [-0.3, -0.25) is 4.90 Å². The fourth-order valence-electron chi connectivity index (χ4n) is 1.62. The maximum absolute atomic E-state index is 9.93. The predicted molar refractivity (Wildman–Crippen MR) is 76.5 cm³/mol. The molecule has 0 aromatic heterocycles. The SMILES string of the molecule is CCOCCN(CCOCC)CC(O)COC(C)C. The molecule has 0 aliphatic heterocycles. The Morgan fingerprint density at radius 1 is 1.00 bits per heavy atom. The van der Waals surface area contributed by atoms with Crippen molar-refractivity contribution in [2.75, 3.05) is 52.7 Å². The van der Waals surface area contributed by atoms with Gasteiger partial charge in [-0.2, -0.15) is 0 Å². The largest absolute Gasteiger partial charge is 0.389 e. The lowest BCUT2D eigenvalue weighted by atomic mass is 10.3. The van der Waals surface area contributed by atoms with Gasteiger partial charge in [0.2, 0.25) is 0 Å². The molecule has 0 saturated heterocycles. The number of aliphatic hydroxyl groups excluding tert-OH is 1. The van der Waals surface area contributed by atoms with Gasteiger partial charge in [0.05, 0.1) is 32.0 Å². The molecular formula is C14H31NO4. The standard InChI is InChI=1S/C14H31NO4/c1-5-17-9-7-15(8-10-18-6-2)11-14(16)12-19-13(3)4/h13-14,16H,5-12H2,1-4H3. The Morgan fingerprint density at radius 2 is 1.53 bits per heavy atom. The highest BCUT2D eigenvalue weighted by Crippen LogP contribution is 1.97.